The van der Waals surface area contributed by atoms with Crippen LogP contribution in [0.1, 0.15) is 39.5 Å². The molecular weight excluding hydrogens is 226 g/mol. The van der Waals surface area contributed by atoms with Crippen molar-refractivity contribution in [3.63, 3.8) is 0 Å². The Hall–Kier alpha value is -0.170. The second-order valence-electron chi connectivity index (χ2n) is 4.12. The maximum atomic E-state index is 12.3. The van der Waals surface area contributed by atoms with Gasteiger partial charge in [0, 0.05) is 19.6 Å². The van der Waals surface area contributed by atoms with E-state index in [4.69, 9.17) is 5.73 Å². The van der Waals surface area contributed by atoms with Crippen LogP contribution in [0.15, 0.2) is 0 Å². The van der Waals surface area contributed by atoms with Crippen LogP contribution in [0.5, 0.6) is 0 Å². The van der Waals surface area contributed by atoms with E-state index in [0.717, 1.165) is 25.7 Å². The maximum Gasteiger partial charge on any atom is 0.283 e. The van der Waals surface area contributed by atoms with Gasteiger partial charge in [0.1, 0.15) is 0 Å². The van der Waals surface area contributed by atoms with E-state index in [1.54, 1.807) is 0 Å². The summed E-state index contributed by atoms with van der Waals surface area (Å²) < 4.78 is 27.5. The topological polar surface area (TPSA) is 66.6 Å². The van der Waals surface area contributed by atoms with E-state index >= 15 is 0 Å². The molecule has 2 N–H and O–H groups in total. The summed E-state index contributed by atoms with van der Waals surface area (Å²) in [5.41, 5.74) is 5.93. The van der Waals surface area contributed by atoms with Gasteiger partial charge >= 0.3 is 0 Å². The van der Waals surface area contributed by atoms with Crippen molar-refractivity contribution < 1.29 is 8.42 Å². The zero-order chi connectivity index (χ0) is 12.2. The molecule has 0 aromatic heterocycles. The summed E-state index contributed by atoms with van der Waals surface area (Å²) in [5, 5.41) is 0. The van der Waals surface area contributed by atoms with Gasteiger partial charge in [-0.15, -0.1) is 0 Å². The molecule has 5 nitrogen and oxygen atoms in total. The van der Waals surface area contributed by atoms with Crippen molar-refractivity contribution in [3.8, 4) is 0 Å². The van der Waals surface area contributed by atoms with Crippen molar-refractivity contribution in [3.05, 3.63) is 0 Å². The fourth-order valence-corrected chi connectivity index (χ4v) is 3.85. The first-order valence-electron chi connectivity index (χ1n) is 6.06. The van der Waals surface area contributed by atoms with E-state index in [0.29, 0.717) is 19.6 Å². The molecule has 1 atom stereocenters. The lowest BCUT2D eigenvalue weighted by molar-refractivity contribution is 0.294. The highest BCUT2D eigenvalue weighted by molar-refractivity contribution is 7.86. The minimum atomic E-state index is -3.36. The highest BCUT2D eigenvalue weighted by Gasteiger charge is 2.32. The summed E-state index contributed by atoms with van der Waals surface area (Å²) in [4.78, 5) is 0. The van der Waals surface area contributed by atoms with Crippen LogP contribution in [-0.2, 0) is 10.2 Å². The number of nitrogens with two attached hydrogens (primary N) is 1. The summed E-state index contributed by atoms with van der Waals surface area (Å²) in [5.74, 6) is 0. The molecule has 0 radical (unpaired) electrons. The van der Waals surface area contributed by atoms with Gasteiger partial charge in [0.2, 0.25) is 0 Å². The number of nitrogens with zero attached hydrogens (tertiary/aromatic N) is 2. The Morgan fingerprint density at radius 1 is 1.25 bits per heavy atom. The Labute approximate surface area is 98.8 Å². The van der Waals surface area contributed by atoms with Crippen molar-refractivity contribution in [1.82, 2.24) is 8.61 Å². The minimum absolute atomic E-state index is 0.354. The first-order valence-corrected chi connectivity index (χ1v) is 7.46. The maximum absolute atomic E-state index is 12.3. The van der Waals surface area contributed by atoms with Crippen LogP contribution in [0.4, 0.5) is 0 Å². The molecule has 0 amide bonds. The van der Waals surface area contributed by atoms with Gasteiger partial charge in [0.25, 0.3) is 10.2 Å². The van der Waals surface area contributed by atoms with Gasteiger partial charge in [-0.1, -0.05) is 26.7 Å². The monoisotopic (exact) mass is 249 g/mol. The first kappa shape index (κ1) is 13.9. The SMILES string of the molecule is CCN(CC)S(=O)(=O)N1CCCCCC1N. The lowest BCUT2D eigenvalue weighted by Gasteiger charge is -2.31. The molecule has 0 bridgehead atoms. The molecule has 1 aliphatic rings. The van der Waals surface area contributed by atoms with Crippen LogP contribution in [0.3, 0.4) is 0 Å². The largest absolute Gasteiger partial charge is 0.315 e. The van der Waals surface area contributed by atoms with E-state index in [1.807, 2.05) is 13.8 Å². The Morgan fingerprint density at radius 2 is 1.88 bits per heavy atom. The summed E-state index contributed by atoms with van der Waals surface area (Å²) in [6.07, 6.45) is 3.41. The van der Waals surface area contributed by atoms with Gasteiger partial charge in [0.15, 0.2) is 0 Å². The Kier molecular flexibility index (Phi) is 5.17. The highest BCUT2D eigenvalue weighted by Crippen LogP contribution is 2.19. The summed E-state index contributed by atoms with van der Waals surface area (Å²) >= 11 is 0. The van der Waals surface area contributed by atoms with Crippen molar-refractivity contribution >= 4 is 10.2 Å². The third-order valence-electron chi connectivity index (χ3n) is 3.08. The molecule has 0 aromatic rings. The zero-order valence-corrected chi connectivity index (χ0v) is 11.0. The molecule has 0 spiro atoms. The van der Waals surface area contributed by atoms with E-state index in [9.17, 15) is 8.42 Å². The minimum Gasteiger partial charge on any atom is -0.315 e. The van der Waals surface area contributed by atoms with Crippen LogP contribution < -0.4 is 5.73 Å². The highest BCUT2D eigenvalue weighted by atomic mass is 32.2. The molecular formula is C10H23N3O2S. The van der Waals surface area contributed by atoms with Crippen molar-refractivity contribution in [2.75, 3.05) is 19.6 Å². The average Bonchev–Trinajstić information content (AvgIpc) is 2.44. The molecule has 1 rings (SSSR count). The molecule has 6 heteroatoms. The molecule has 0 aliphatic carbocycles. The van der Waals surface area contributed by atoms with Gasteiger partial charge in [-0.2, -0.15) is 17.0 Å². The summed E-state index contributed by atoms with van der Waals surface area (Å²) in [6.45, 7) is 5.26. The van der Waals surface area contributed by atoms with E-state index < -0.39 is 10.2 Å². The van der Waals surface area contributed by atoms with Crippen molar-refractivity contribution in [2.24, 2.45) is 5.73 Å². The van der Waals surface area contributed by atoms with Gasteiger partial charge in [0.05, 0.1) is 6.17 Å². The van der Waals surface area contributed by atoms with Crippen LogP contribution in [-0.4, -0.2) is 42.8 Å². The van der Waals surface area contributed by atoms with Crippen LogP contribution in [0, 0.1) is 0 Å². The first-order chi connectivity index (χ1) is 7.54. The molecule has 16 heavy (non-hydrogen) atoms. The molecule has 0 aromatic carbocycles. The number of rotatable bonds is 4. The smallest absolute Gasteiger partial charge is 0.283 e. The summed E-state index contributed by atoms with van der Waals surface area (Å²) in [7, 11) is -3.36. The van der Waals surface area contributed by atoms with Gasteiger partial charge < -0.3 is 5.73 Å². The average molecular weight is 249 g/mol. The molecule has 1 fully saturated rings. The van der Waals surface area contributed by atoms with E-state index in [2.05, 4.69) is 0 Å². The van der Waals surface area contributed by atoms with Gasteiger partial charge in [-0.25, -0.2) is 0 Å². The molecule has 1 aliphatic heterocycles. The van der Waals surface area contributed by atoms with Crippen molar-refractivity contribution in [1.29, 1.82) is 0 Å². The Balaban J connectivity index is 2.87. The third kappa shape index (κ3) is 2.94. The zero-order valence-electron chi connectivity index (χ0n) is 10.2. The molecule has 96 valence electrons. The van der Waals surface area contributed by atoms with Crippen molar-refractivity contribution in [2.45, 2.75) is 45.7 Å². The number of hydrogen-bond donors (Lipinski definition) is 1. The predicted molar refractivity (Wildman–Crippen MR) is 65.0 cm³/mol. The lowest BCUT2D eigenvalue weighted by Crippen LogP contribution is -2.51. The molecule has 1 unspecified atom stereocenters. The Morgan fingerprint density at radius 3 is 2.44 bits per heavy atom. The number of hydrogen-bond acceptors (Lipinski definition) is 3. The van der Waals surface area contributed by atoms with Crippen LogP contribution >= 0.6 is 0 Å². The summed E-state index contributed by atoms with van der Waals surface area (Å²) in [6, 6.07) is 0. The fraction of sp³-hybridized carbons (Fsp3) is 1.00. The molecule has 1 heterocycles. The molecule has 0 saturated carbocycles. The fourth-order valence-electron chi connectivity index (χ4n) is 2.09. The quantitative estimate of drug-likeness (QED) is 0.799. The predicted octanol–water partition coefficient (Wildman–Crippen LogP) is 0.734. The Bertz CT molecular complexity index is 301. The standard InChI is InChI=1S/C10H23N3O2S/c1-3-12(4-2)16(14,15)13-9-7-5-6-8-10(13)11/h10H,3-9,11H2,1-2H3. The van der Waals surface area contributed by atoms with E-state index in [-0.39, 0.29) is 6.17 Å². The lowest BCUT2D eigenvalue weighted by atomic mass is 10.2. The van der Waals surface area contributed by atoms with Gasteiger partial charge in [-0.3, -0.25) is 0 Å². The van der Waals surface area contributed by atoms with Crippen LogP contribution in [0.2, 0.25) is 0 Å². The third-order valence-corrected chi connectivity index (χ3v) is 5.29. The van der Waals surface area contributed by atoms with Gasteiger partial charge in [-0.05, 0) is 12.8 Å². The van der Waals surface area contributed by atoms with Crippen LogP contribution in [0.25, 0.3) is 0 Å². The second kappa shape index (κ2) is 5.95. The second-order valence-corrected chi connectivity index (χ2v) is 6.00. The normalized spacial score (nSPS) is 24.6. The van der Waals surface area contributed by atoms with E-state index in [1.165, 1.54) is 8.61 Å². The molecule has 1 saturated heterocycles.